The van der Waals surface area contributed by atoms with Crippen molar-refractivity contribution in [2.24, 2.45) is 7.05 Å². The summed E-state index contributed by atoms with van der Waals surface area (Å²) in [6, 6.07) is 18.4. The van der Waals surface area contributed by atoms with Gasteiger partial charge in [0.2, 0.25) is 5.91 Å². The van der Waals surface area contributed by atoms with E-state index in [4.69, 9.17) is 4.74 Å². The Kier molecular flexibility index (Phi) is 6.90. The van der Waals surface area contributed by atoms with Crippen LogP contribution in [0.1, 0.15) is 17.3 Å². The fourth-order valence-corrected chi connectivity index (χ4v) is 5.05. The number of aromatic nitrogens is 2. The van der Waals surface area contributed by atoms with E-state index in [2.05, 4.69) is 10.3 Å². The maximum atomic E-state index is 12.9. The standard InChI is InChI=1S/C24H21N3O4S2/c1-3-31-23(30)16-11-7-8-12-17(16)25-20(28)14-32-24-26-18-13-19(15-9-5-4-6-10-15)33-21(18)22(29)27(24)2/h4-13H,3,14H2,1-2H3,(H,25,28). The Balaban J connectivity index is 1.52. The summed E-state index contributed by atoms with van der Waals surface area (Å²) >= 11 is 2.57. The van der Waals surface area contributed by atoms with Crippen LogP contribution >= 0.6 is 23.1 Å². The van der Waals surface area contributed by atoms with E-state index in [0.29, 0.717) is 21.1 Å². The molecule has 0 saturated carbocycles. The van der Waals surface area contributed by atoms with Crippen molar-refractivity contribution < 1.29 is 14.3 Å². The number of anilines is 1. The number of thioether (sulfide) groups is 1. The molecule has 9 heteroatoms. The minimum atomic E-state index is -0.498. The van der Waals surface area contributed by atoms with E-state index < -0.39 is 5.97 Å². The number of esters is 1. The molecule has 0 spiro atoms. The van der Waals surface area contributed by atoms with Crippen LogP contribution in [0.3, 0.4) is 0 Å². The second-order valence-electron chi connectivity index (χ2n) is 7.05. The number of carbonyl (C=O) groups excluding carboxylic acids is 2. The summed E-state index contributed by atoms with van der Waals surface area (Å²) in [6.07, 6.45) is 0. The zero-order chi connectivity index (χ0) is 23.4. The second kappa shape index (κ2) is 10.0. The molecule has 0 fully saturated rings. The van der Waals surface area contributed by atoms with Crippen molar-refractivity contribution in [1.82, 2.24) is 9.55 Å². The van der Waals surface area contributed by atoms with Crippen molar-refractivity contribution in [3.63, 3.8) is 0 Å². The number of fused-ring (bicyclic) bond motifs is 1. The molecule has 4 rings (SSSR count). The first kappa shape index (κ1) is 22.8. The van der Waals surface area contributed by atoms with Gasteiger partial charge in [-0.2, -0.15) is 0 Å². The van der Waals surface area contributed by atoms with E-state index in [1.54, 1.807) is 38.2 Å². The highest BCUT2D eigenvalue weighted by Crippen LogP contribution is 2.31. The summed E-state index contributed by atoms with van der Waals surface area (Å²) in [6.45, 7) is 1.97. The molecule has 33 heavy (non-hydrogen) atoms. The highest BCUT2D eigenvalue weighted by Gasteiger charge is 2.17. The molecule has 4 aromatic rings. The Morgan fingerprint density at radius 2 is 1.85 bits per heavy atom. The number of benzene rings is 2. The van der Waals surface area contributed by atoms with Crippen molar-refractivity contribution in [3.8, 4) is 10.4 Å². The van der Waals surface area contributed by atoms with Crippen molar-refractivity contribution in [1.29, 1.82) is 0 Å². The molecule has 0 saturated heterocycles. The Labute approximate surface area is 198 Å². The second-order valence-corrected chi connectivity index (χ2v) is 9.05. The SMILES string of the molecule is CCOC(=O)c1ccccc1NC(=O)CSc1nc2cc(-c3ccccc3)sc2c(=O)n1C. The van der Waals surface area contributed by atoms with Crippen molar-refractivity contribution in [2.45, 2.75) is 12.1 Å². The van der Waals surface area contributed by atoms with Gasteiger partial charge in [0, 0.05) is 11.9 Å². The molecule has 7 nitrogen and oxygen atoms in total. The molecular formula is C24H21N3O4S2. The third-order valence-electron chi connectivity index (χ3n) is 4.80. The van der Waals surface area contributed by atoms with Gasteiger partial charge < -0.3 is 10.1 Å². The molecule has 2 heterocycles. The summed E-state index contributed by atoms with van der Waals surface area (Å²) in [5.41, 5.74) is 2.15. The number of rotatable bonds is 7. The van der Waals surface area contributed by atoms with Gasteiger partial charge in [-0.25, -0.2) is 9.78 Å². The Morgan fingerprint density at radius 1 is 1.12 bits per heavy atom. The largest absolute Gasteiger partial charge is 0.462 e. The number of para-hydroxylation sites is 1. The van der Waals surface area contributed by atoms with Gasteiger partial charge in [-0.15, -0.1) is 11.3 Å². The van der Waals surface area contributed by atoms with E-state index in [9.17, 15) is 14.4 Å². The van der Waals surface area contributed by atoms with Crippen LogP contribution in [0.4, 0.5) is 5.69 Å². The van der Waals surface area contributed by atoms with Gasteiger partial charge in [-0.3, -0.25) is 14.2 Å². The Bertz CT molecular complexity index is 1380. The molecule has 0 atom stereocenters. The number of nitrogens with zero attached hydrogens (tertiary/aromatic N) is 2. The van der Waals surface area contributed by atoms with Gasteiger partial charge in [0.1, 0.15) is 4.70 Å². The van der Waals surface area contributed by atoms with Crippen LogP contribution in [0.5, 0.6) is 0 Å². The minimum Gasteiger partial charge on any atom is -0.462 e. The lowest BCUT2D eigenvalue weighted by Crippen LogP contribution is -2.21. The first-order valence-electron chi connectivity index (χ1n) is 10.2. The fraction of sp³-hybridized carbons (Fsp3) is 0.167. The molecule has 1 amide bonds. The molecule has 1 N–H and O–H groups in total. The van der Waals surface area contributed by atoms with Crippen LogP contribution < -0.4 is 10.9 Å². The van der Waals surface area contributed by atoms with Gasteiger partial charge in [-0.1, -0.05) is 54.2 Å². The first-order chi connectivity index (χ1) is 16.0. The molecule has 2 aromatic heterocycles. The number of hydrogen-bond acceptors (Lipinski definition) is 7. The Hall–Kier alpha value is -3.43. The number of hydrogen-bond donors (Lipinski definition) is 1. The van der Waals surface area contributed by atoms with Gasteiger partial charge >= 0.3 is 5.97 Å². The number of carbonyl (C=O) groups is 2. The molecule has 2 aromatic carbocycles. The van der Waals surface area contributed by atoms with Crippen molar-refractivity contribution in [3.05, 3.63) is 76.6 Å². The van der Waals surface area contributed by atoms with E-state index in [0.717, 1.165) is 22.2 Å². The lowest BCUT2D eigenvalue weighted by molar-refractivity contribution is -0.113. The van der Waals surface area contributed by atoms with Gasteiger partial charge in [0.15, 0.2) is 5.16 Å². The fourth-order valence-electron chi connectivity index (χ4n) is 3.20. The van der Waals surface area contributed by atoms with Gasteiger partial charge in [0.25, 0.3) is 5.56 Å². The predicted octanol–water partition coefficient (Wildman–Crippen LogP) is 4.57. The molecule has 0 bridgehead atoms. The van der Waals surface area contributed by atoms with E-state index >= 15 is 0 Å². The zero-order valence-corrected chi connectivity index (χ0v) is 19.7. The number of amides is 1. The quantitative estimate of drug-likeness (QED) is 0.237. The molecule has 0 aliphatic rings. The summed E-state index contributed by atoms with van der Waals surface area (Å²) in [7, 11) is 1.65. The van der Waals surface area contributed by atoms with Gasteiger partial charge in [-0.05, 0) is 30.7 Å². The minimum absolute atomic E-state index is 0.0264. The van der Waals surface area contributed by atoms with Crippen LogP contribution in [-0.4, -0.2) is 33.8 Å². The summed E-state index contributed by atoms with van der Waals surface area (Å²) in [4.78, 5) is 43.1. The van der Waals surface area contributed by atoms with Crippen LogP contribution in [0.2, 0.25) is 0 Å². The van der Waals surface area contributed by atoms with Crippen LogP contribution in [0.25, 0.3) is 20.7 Å². The molecule has 0 radical (unpaired) electrons. The van der Waals surface area contributed by atoms with E-state index in [-0.39, 0.29) is 29.4 Å². The zero-order valence-electron chi connectivity index (χ0n) is 18.0. The van der Waals surface area contributed by atoms with Crippen LogP contribution in [0, 0.1) is 0 Å². The molecule has 168 valence electrons. The Morgan fingerprint density at radius 3 is 2.61 bits per heavy atom. The highest BCUT2D eigenvalue weighted by molar-refractivity contribution is 7.99. The summed E-state index contributed by atoms with van der Waals surface area (Å²) in [5, 5.41) is 3.19. The third kappa shape index (κ3) is 4.99. The maximum absolute atomic E-state index is 12.9. The normalized spacial score (nSPS) is 10.8. The van der Waals surface area contributed by atoms with E-state index in [1.807, 2.05) is 36.4 Å². The lowest BCUT2D eigenvalue weighted by atomic mass is 10.2. The number of nitrogens with one attached hydrogen (secondary N) is 1. The third-order valence-corrected chi connectivity index (χ3v) is 6.99. The van der Waals surface area contributed by atoms with Gasteiger partial charge in [0.05, 0.1) is 29.1 Å². The highest BCUT2D eigenvalue weighted by atomic mass is 32.2. The smallest absolute Gasteiger partial charge is 0.340 e. The van der Waals surface area contributed by atoms with Crippen molar-refractivity contribution in [2.75, 3.05) is 17.7 Å². The first-order valence-corrected chi connectivity index (χ1v) is 12.0. The lowest BCUT2D eigenvalue weighted by Gasteiger charge is -2.11. The van der Waals surface area contributed by atoms with E-state index in [1.165, 1.54) is 15.9 Å². The van der Waals surface area contributed by atoms with Crippen LogP contribution in [0.15, 0.2) is 70.6 Å². The average Bonchev–Trinajstić information content (AvgIpc) is 3.26. The predicted molar refractivity (Wildman–Crippen MR) is 132 cm³/mol. The molecular weight excluding hydrogens is 458 g/mol. The summed E-state index contributed by atoms with van der Waals surface area (Å²) < 4.78 is 7.07. The molecule has 0 aliphatic heterocycles. The average molecular weight is 480 g/mol. The summed E-state index contributed by atoms with van der Waals surface area (Å²) in [5.74, 6) is -0.790. The molecule has 0 unspecified atom stereocenters. The number of thiophene rings is 1. The molecule has 0 aliphatic carbocycles. The topological polar surface area (TPSA) is 90.3 Å². The number of ether oxygens (including phenoxy) is 1. The van der Waals surface area contributed by atoms with Crippen molar-refractivity contribution >= 4 is 50.9 Å². The maximum Gasteiger partial charge on any atom is 0.340 e. The van der Waals surface area contributed by atoms with Crippen LogP contribution in [-0.2, 0) is 16.6 Å². The monoisotopic (exact) mass is 479 g/mol.